The summed E-state index contributed by atoms with van der Waals surface area (Å²) in [6.07, 6.45) is 17.8. The number of benzene rings is 2. The third kappa shape index (κ3) is 10.6. The summed E-state index contributed by atoms with van der Waals surface area (Å²) < 4.78 is 11.7. The van der Waals surface area contributed by atoms with E-state index < -0.39 is 0 Å². The molecule has 0 radical (unpaired) electrons. The number of hydrogen-bond acceptors (Lipinski definition) is 5. The first kappa shape index (κ1) is 29.9. The Hall–Kier alpha value is -2.60. The predicted octanol–water partition coefficient (Wildman–Crippen LogP) is 9.00. The number of unbranched alkanes of at least 4 members (excludes halogenated alkanes) is 11. The summed E-state index contributed by atoms with van der Waals surface area (Å²) in [6, 6.07) is 13.4. The number of carbonyl (C=O) groups excluding carboxylic acids is 1. The number of carbonyl (C=O) groups is 1. The second-order valence-electron chi connectivity index (χ2n) is 10.1. The lowest BCUT2D eigenvalue weighted by atomic mass is 10.1. The quantitative estimate of drug-likeness (QED) is 0.181. The maximum Gasteiger partial charge on any atom is 0.255 e. The summed E-state index contributed by atoms with van der Waals surface area (Å²) >= 11 is 1.78. The molecule has 0 saturated carbocycles. The Morgan fingerprint density at radius 1 is 0.921 bits per heavy atom. The van der Waals surface area contributed by atoms with E-state index >= 15 is 0 Å². The van der Waals surface area contributed by atoms with Gasteiger partial charge in [0.15, 0.2) is 11.5 Å². The molecular formula is C32H46N2O3S. The van der Waals surface area contributed by atoms with Gasteiger partial charge in [-0.15, -0.1) is 11.8 Å². The van der Waals surface area contributed by atoms with Crippen molar-refractivity contribution >= 4 is 23.4 Å². The van der Waals surface area contributed by atoms with Crippen LogP contribution in [0.5, 0.6) is 11.5 Å². The van der Waals surface area contributed by atoms with Crippen molar-refractivity contribution in [1.82, 2.24) is 4.90 Å². The molecule has 6 heteroatoms. The molecule has 1 N–H and O–H groups in total. The van der Waals surface area contributed by atoms with Crippen LogP contribution in [0.1, 0.15) is 99.9 Å². The first-order chi connectivity index (χ1) is 18.7. The van der Waals surface area contributed by atoms with Crippen molar-refractivity contribution < 1.29 is 14.3 Å². The lowest BCUT2D eigenvalue weighted by molar-refractivity contribution is 0.102. The van der Waals surface area contributed by atoms with Crippen LogP contribution in [0.25, 0.3) is 0 Å². The molecule has 2 aromatic carbocycles. The largest absolute Gasteiger partial charge is 0.493 e. The van der Waals surface area contributed by atoms with E-state index in [1.807, 2.05) is 36.4 Å². The van der Waals surface area contributed by atoms with Crippen molar-refractivity contribution in [3.8, 4) is 11.5 Å². The normalized spacial score (nSPS) is 12.6. The molecule has 0 atom stereocenters. The monoisotopic (exact) mass is 538 g/mol. The number of nitrogens with one attached hydrogen (secondary N) is 1. The highest BCUT2D eigenvalue weighted by molar-refractivity contribution is 8.02. The van der Waals surface area contributed by atoms with Crippen LogP contribution < -0.4 is 14.8 Å². The van der Waals surface area contributed by atoms with Gasteiger partial charge in [0.2, 0.25) is 0 Å². The molecule has 2 aromatic rings. The Bertz CT molecular complexity index is 994. The van der Waals surface area contributed by atoms with Crippen LogP contribution in [0.4, 0.5) is 5.69 Å². The SMILES string of the molecule is CCCCCCCCCCCCCCOc1c(NC(=O)c2cccc(CN3C=CSC3)c2)cccc1OC. The standard InChI is InChI=1S/C32H46N2O3S/c1-3-4-5-6-7-8-9-10-11-12-13-14-22-37-31-29(19-16-20-30(31)36-2)33-32(35)28-18-15-17-27(24-28)25-34-21-23-38-26-34/h15-21,23-24H,3-14,22,25-26H2,1-2H3,(H,33,35). The van der Waals surface area contributed by atoms with E-state index in [0.29, 0.717) is 29.4 Å². The Labute approximate surface area is 234 Å². The van der Waals surface area contributed by atoms with Crippen LogP contribution in [0.3, 0.4) is 0 Å². The summed E-state index contributed by atoms with van der Waals surface area (Å²) in [5.74, 6) is 2.03. The van der Waals surface area contributed by atoms with Crippen molar-refractivity contribution in [2.24, 2.45) is 0 Å². The van der Waals surface area contributed by atoms with Gasteiger partial charge in [0.05, 0.1) is 25.3 Å². The van der Waals surface area contributed by atoms with Gasteiger partial charge in [0.25, 0.3) is 5.91 Å². The molecule has 208 valence electrons. The van der Waals surface area contributed by atoms with Crippen LogP contribution in [0, 0.1) is 0 Å². The van der Waals surface area contributed by atoms with Crippen LogP contribution in [0.2, 0.25) is 0 Å². The van der Waals surface area contributed by atoms with Gasteiger partial charge in [-0.25, -0.2) is 0 Å². The Balaban J connectivity index is 1.41. The third-order valence-corrected chi connectivity index (χ3v) is 7.67. The molecule has 0 spiro atoms. The minimum absolute atomic E-state index is 0.151. The lowest BCUT2D eigenvalue weighted by Crippen LogP contribution is -2.15. The maximum absolute atomic E-state index is 13.1. The van der Waals surface area contributed by atoms with Crippen LogP contribution in [-0.2, 0) is 6.54 Å². The molecule has 1 aliphatic heterocycles. The molecule has 0 aromatic heterocycles. The second kappa shape index (κ2) is 17.8. The molecule has 38 heavy (non-hydrogen) atoms. The zero-order valence-corrected chi connectivity index (χ0v) is 24.2. The number of nitrogens with zero attached hydrogens (tertiary/aromatic N) is 1. The van der Waals surface area contributed by atoms with E-state index in [-0.39, 0.29) is 5.91 Å². The number of ether oxygens (including phenoxy) is 2. The molecule has 3 rings (SSSR count). The first-order valence-corrected chi connectivity index (χ1v) is 15.5. The predicted molar refractivity (Wildman–Crippen MR) is 161 cm³/mol. The highest BCUT2D eigenvalue weighted by atomic mass is 32.2. The van der Waals surface area contributed by atoms with Crippen molar-refractivity contribution in [1.29, 1.82) is 0 Å². The Kier molecular flexibility index (Phi) is 14.0. The summed E-state index contributed by atoms with van der Waals surface area (Å²) in [6.45, 7) is 3.67. The Morgan fingerprint density at radius 2 is 1.61 bits per heavy atom. The fraction of sp³-hybridized carbons (Fsp3) is 0.531. The van der Waals surface area contributed by atoms with Crippen molar-refractivity contribution in [2.75, 3.05) is 24.9 Å². The molecule has 0 unspecified atom stereocenters. The highest BCUT2D eigenvalue weighted by Gasteiger charge is 2.15. The minimum atomic E-state index is -0.151. The number of amides is 1. The zero-order chi connectivity index (χ0) is 26.8. The molecule has 0 fully saturated rings. The maximum atomic E-state index is 13.1. The number of anilines is 1. The van der Waals surface area contributed by atoms with Gasteiger partial charge < -0.3 is 19.7 Å². The summed E-state index contributed by atoms with van der Waals surface area (Å²) in [4.78, 5) is 15.3. The van der Waals surface area contributed by atoms with E-state index in [1.165, 1.54) is 64.2 Å². The van der Waals surface area contributed by atoms with Gasteiger partial charge in [-0.3, -0.25) is 4.79 Å². The average Bonchev–Trinajstić information content (AvgIpc) is 3.45. The smallest absolute Gasteiger partial charge is 0.255 e. The van der Waals surface area contributed by atoms with Gasteiger partial charge in [-0.1, -0.05) is 95.8 Å². The van der Waals surface area contributed by atoms with Gasteiger partial charge in [0.1, 0.15) is 0 Å². The summed E-state index contributed by atoms with van der Waals surface area (Å²) in [5, 5.41) is 5.14. The number of para-hydroxylation sites is 1. The van der Waals surface area contributed by atoms with Crippen LogP contribution >= 0.6 is 11.8 Å². The molecule has 0 aliphatic carbocycles. The second-order valence-corrected chi connectivity index (χ2v) is 10.9. The third-order valence-electron chi connectivity index (χ3n) is 6.87. The van der Waals surface area contributed by atoms with Crippen molar-refractivity contribution in [3.05, 3.63) is 65.2 Å². The molecule has 1 aliphatic rings. The number of rotatable bonds is 19. The average molecular weight is 539 g/mol. The van der Waals surface area contributed by atoms with E-state index in [9.17, 15) is 4.79 Å². The lowest BCUT2D eigenvalue weighted by Gasteiger charge is -2.17. The number of thioether (sulfide) groups is 1. The summed E-state index contributed by atoms with van der Waals surface area (Å²) in [5.41, 5.74) is 2.38. The van der Waals surface area contributed by atoms with E-state index in [4.69, 9.17) is 9.47 Å². The van der Waals surface area contributed by atoms with Gasteiger partial charge >= 0.3 is 0 Å². The van der Waals surface area contributed by atoms with Crippen LogP contribution in [-0.4, -0.2) is 30.4 Å². The van der Waals surface area contributed by atoms with Gasteiger partial charge in [-0.05, 0) is 41.7 Å². The molecule has 1 amide bonds. The Morgan fingerprint density at radius 3 is 2.26 bits per heavy atom. The van der Waals surface area contributed by atoms with Crippen molar-refractivity contribution in [2.45, 2.75) is 90.5 Å². The molecular weight excluding hydrogens is 492 g/mol. The number of methoxy groups -OCH3 is 1. The van der Waals surface area contributed by atoms with Gasteiger partial charge in [0, 0.05) is 18.3 Å². The number of hydrogen-bond donors (Lipinski definition) is 1. The molecule has 0 bridgehead atoms. The fourth-order valence-corrected chi connectivity index (χ4v) is 5.40. The van der Waals surface area contributed by atoms with Crippen molar-refractivity contribution in [3.63, 3.8) is 0 Å². The van der Waals surface area contributed by atoms with E-state index in [0.717, 1.165) is 30.8 Å². The topological polar surface area (TPSA) is 50.8 Å². The highest BCUT2D eigenvalue weighted by Crippen LogP contribution is 2.35. The van der Waals surface area contributed by atoms with E-state index in [2.05, 4.69) is 34.8 Å². The van der Waals surface area contributed by atoms with Crippen LogP contribution in [0.15, 0.2) is 54.1 Å². The first-order valence-electron chi connectivity index (χ1n) is 14.4. The zero-order valence-electron chi connectivity index (χ0n) is 23.4. The fourth-order valence-electron chi connectivity index (χ4n) is 4.69. The molecule has 5 nitrogen and oxygen atoms in total. The van der Waals surface area contributed by atoms with E-state index in [1.54, 1.807) is 18.9 Å². The van der Waals surface area contributed by atoms with Gasteiger partial charge in [-0.2, -0.15) is 0 Å². The summed E-state index contributed by atoms with van der Waals surface area (Å²) in [7, 11) is 1.63. The molecule has 1 heterocycles. The molecule has 0 saturated heterocycles. The minimum Gasteiger partial charge on any atom is -0.493 e.